The second-order valence-electron chi connectivity index (χ2n) is 11.1. The number of sulfonamides is 1. The largest absolute Gasteiger partial charge is 0.264 e. The normalized spacial score (nSPS) is 14.7. The molecule has 0 N–H and O–H groups in total. The average Bonchev–Trinajstić information content (AvgIpc) is 3.44. The maximum absolute atomic E-state index is 14.7. The van der Waals surface area contributed by atoms with Crippen LogP contribution in [-0.2, 0) is 16.4 Å². The van der Waals surface area contributed by atoms with Gasteiger partial charge in [-0.25, -0.2) is 8.42 Å². The Morgan fingerprint density at radius 3 is 1.74 bits per heavy atom. The van der Waals surface area contributed by atoms with Gasteiger partial charge in [-0.15, -0.1) is 0 Å². The Morgan fingerprint density at radius 2 is 1.10 bits per heavy atom. The van der Waals surface area contributed by atoms with Gasteiger partial charge in [0.15, 0.2) is 0 Å². The van der Waals surface area contributed by atoms with E-state index in [9.17, 15) is 8.42 Å². The molecule has 0 saturated heterocycles. The predicted octanol–water partition coefficient (Wildman–Crippen LogP) is 9.28. The number of aryl methyl sites for hydroxylation is 2. The standard InChI is InChI=1S/C38H31NO2S/c1-26-17-21-30(22-18-26)37-34-25-35(28-11-5-3-6-12-28)39(42(40,41)31-23-19-27(2)20-24-31)38(34)33-16-10-9-15-32(33)36(37)29-13-7-4-8-14-29/h3-24,35H,25H2,1-2H3. The quantitative estimate of drug-likeness (QED) is 0.209. The maximum Gasteiger partial charge on any atom is 0.264 e. The van der Waals surface area contributed by atoms with Crippen molar-refractivity contribution < 1.29 is 8.42 Å². The summed E-state index contributed by atoms with van der Waals surface area (Å²) >= 11 is 0. The van der Waals surface area contributed by atoms with Gasteiger partial charge in [-0.2, -0.15) is 0 Å². The zero-order valence-corrected chi connectivity index (χ0v) is 24.5. The molecule has 0 spiro atoms. The molecule has 206 valence electrons. The molecule has 0 bridgehead atoms. The van der Waals surface area contributed by atoms with Crippen molar-refractivity contribution >= 4 is 26.5 Å². The van der Waals surface area contributed by atoms with E-state index in [1.54, 1.807) is 16.4 Å². The zero-order valence-electron chi connectivity index (χ0n) is 23.7. The molecule has 1 aliphatic rings. The van der Waals surface area contributed by atoms with Crippen molar-refractivity contribution in [1.29, 1.82) is 0 Å². The minimum Gasteiger partial charge on any atom is -0.258 e. The van der Waals surface area contributed by atoms with E-state index in [0.29, 0.717) is 11.3 Å². The summed E-state index contributed by atoms with van der Waals surface area (Å²) in [5, 5.41) is 1.98. The molecule has 1 aliphatic heterocycles. The van der Waals surface area contributed by atoms with Crippen LogP contribution < -0.4 is 4.31 Å². The molecular weight excluding hydrogens is 534 g/mol. The highest BCUT2D eigenvalue weighted by atomic mass is 32.2. The Bertz CT molecular complexity index is 2020. The lowest BCUT2D eigenvalue weighted by molar-refractivity contribution is 0.582. The number of anilines is 1. The summed E-state index contributed by atoms with van der Waals surface area (Å²) in [6.07, 6.45) is 0.568. The molecule has 6 aromatic carbocycles. The van der Waals surface area contributed by atoms with Gasteiger partial charge in [0, 0.05) is 11.8 Å². The van der Waals surface area contributed by atoms with Gasteiger partial charge in [0.25, 0.3) is 10.0 Å². The van der Waals surface area contributed by atoms with Crippen LogP contribution in [0.5, 0.6) is 0 Å². The van der Waals surface area contributed by atoms with E-state index in [2.05, 4.69) is 67.6 Å². The molecule has 42 heavy (non-hydrogen) atoms. The highest BCUT2D eigenvalue weighted by molar-refractivity contribution is 7.92. The number of fused-ring (bicyclic) bond motifs is 3. The molecule has 1 atom stereocenters. The van der Waals surface area contributed by atoms with Crippen LogP contribution >= 0.6 is 0 Å². The Hall–Kier alpha value is -4.67. The third-order valence-corrected chi connectivity index (χ3v) is 10.2. The van der Waals surface area contributed by atoms with Crippen LogP contribution in [0.15, 0.2) is 138 Å². The van der Waals surface area contributed by atoms with Crippen LogP contribution in [0.1, 0.15) is 28.3 Å². The SMILES string of the molecule is Cc1ccc(-c2c3c(c4ccccc4c2-c2ccccc2)N(S(=O)(=O)c2ccc(C)cc2)C(c2ccccc2)C3)cc1. The minimum atomic E-state index is -3.91. The third kappa shape index (κ3) is 4.31. The molecule has 4 heteroatoms. The number of nitrogens with zero attached hydrogens (tertiary/aromatic N) is 1. The van der Waals surface area contributed by atoms with Crippen molar-refractivity contribution in [3.05, 3.63) is 156 Å². The molecule has 0 aromatic heterocycles. The van der Waals surface area contributed by atoms with Crippen molar-refractivity contribution in [2.24, 2.45) is 0 Å². The van der Waals surface area contributed by atoms with E-state index < -0.39 is 10.0 Å². The summed E-state index contributed by atoms with van der Waals surface area (Å²) in [6, 6.07) is 44.2. The maximum atomic E-state index is 14.7. The van der Waals surface area contributed by atoms with Crippen molar-refractivity contribution in [2.75, 3.05) is 4.31 Å². The summed E-state index contributed by atoms with van der Waals surface area (Å²) in [5.41, 5.74) is 9.44. The first-order valence-corrected chi connectivity index (χ1v) is 15.7. The van der Waals surface area contributed by atoms with E-state index in [4.69, 9.17) is 0 Å². The molecular formula is C38H31NO2S. The van der Waals surface area contributed by atoms with Gasteiger partial charge in [0.2, 0.25) is 0 Å². The number of hydrogen-bond acceptors (Lipinski definition) is 2. The Balaban J connectivity index is 1.62. The molecule has 7 rings (SSSR count). The summed E-state index contributed by atoms with van der Waals surface area (Å²) in [7, 11) is -3.91. The second kappa shape index (κ2) is 10.3. The van der Waals surface area contributed by atoms with E-state index in [1.807, 2.05) is 67.6 Å². The average molecular weight is 566 g/mol. The summed E-state index contributed by atoms with van der Waals surface area (Å²) in [4.78, 5) is 0.301. The summed E-state index contributed by atoms with van der Waals surface area (Å²) in [6.45, 7) is 4.06. The molecule has 1 unspecified atom stereocenters. The van der Waals surface area contributed by atoms with Crippen LogP contribution in [0, 0.1) is 13.8 Å². The minimum absolute atomic E-state index is 0.301. The van der Waals surface area contributed by atoms with E-state index in [-0.39, 0.29) is 6.04 Å². The smallest absolute Gasteiger partial charge is 0.258 e. The highest BCUT2D eigenvalue weighted by Crippen LogP contribution is 2.54. The highest BCUT2D eigenvalue weighted by Gasteiger charge is 2.42. The lowest BCUT2D eigenvalue weighted by Gasteiger charge is -2.29. The Kier molecular flexibility index (Phi) is 6.44. The predicted molar refractivity (Wildman–Crippen MR) is 173 cm³/mol. The fraction of sp³-hybridized carbons (Fsp3) is 0.105. The van der Waals surface area contributed by atoms with Crippen LogP contribution in [0.25, 0.3) is 33.0 Å². The molecule has 0 fully saturated rings. The number of hydrogen-bond donors (Lipinski definition) is 0. The van der Waals surface area contributed by atoms with Gasteiger partial charge in [0.05, 0.1) is 16.6 Å². The monoisotopic (exact) mass is 565 g/mol. The Morgan fingerprint density at radius 1 is 0.571 bits per heavy atom. The van der Waals surface area contributed by atoms with Crippen LogP contribution in [-0.4, -0.2) is 8.42 Å². The van der Waals surface area contributed by atoms with Gasteiger partial charge < -0.3 is 0 Å². The van der Waals surface area contributed by atoms with E-state index in [1.165, 1.54) is 5.56 Å². The van der Waals surface area contributed by atoms with E-state index >= 15 is 0 Å². The first-order chi connectivity index (χ1) is 20.4. The molecule has 0 radical (unpaired) electrons. The van der Waals surface area contributed by atoms with Crippen LogP contribution in [0.3, 0.4) is 0 Å². The second-order valence-corrected chi connectivity index (χ2v) is 12.9. The number of rotatable bonds is 5. The lowest BCUT2D eigenvalue weighted by Crippen LogP contribution is -2.32. The molecule has 1 heterocycles. The fourth-order valence-corrected chi connectivity index (χ4v) is 8.03. The topological polar surface area (TPSA) is 37.4 Å². The lowest BCUT2D eigenvalue weighted by atomic mass is 9.84. The number of benzene rings is 6. The van der Waals surface area contributed by atoms with Crippen LogP contribution in [0.4, 0.5) is 5.69 Å². The van der Waals surface area contributed by atoms with E-state index in [0.717, 1.165) is 55.4 Å². The first-order valence-electron chi connectivity index (χ1n) is 14.3. The molecule has 0 aliphatic carbocycles. The fourth-order valence-electron chi connectivity index (χ4n) is 6.34. The third-order valence-electron chi connectivity index (χ3n) is 8.35. The molecule has 0 saturated carbocycles. The van der Waals surface area contributed by atoms with Gasteiger partial charge in [-0.1, -0.05) is 132 Å². The zero-order chi connectivity index (χ0) is 28.8. The van der Waals surface area contributed by atoms with Gasteiger partial charge in [-0.3, -0.25) is 4.31 Å². The summed E-state index contributed by atoms with van der Waals surface area (Å²) in [5.74, 6) is 0. The first kappa shape index (κ1) is 26.2. The van der Waals surface area contributed by atoms with Crippen molar-refractivity contribution in [3.8, 4) is 22.3 Å². The van der Waals surface area contributed by atoms with Gasteiger partial charge in [-0.05, 0) is 64.7 Å². The van der Waals surface area contributed by atoms with Crippen molar-refractivity contribution in [2.45, 2.75) is 31.2 Å². The van der Waals surface area contributed by atoms with Gasteiger partial charge >= 0.3 is 0 Å². The molecule has 3 nitrogen and oxygen atoms in total. The van der Waals surface area contributed by atoms with Gasteiger partial charge in [0.1, 0.15) is 0 Å². The van der Waals surface area contributed by atoms with Crippen molar-refractivity contribution in [3.63, 3.8) is 0 Å². The molecule has 6 aromatic rings. The molecule has 0 amide bonds. The summed E-state index contributed by atoms with van der Waals surface area (Å²) < 4.78 is 31.1. The Labute approximate surface area is 247 Å². The van der Waals surface area contributed by atoms with Crippen molar-refractivity contribution in [1.82, 2.24) is 0 Å². The van der Waals surface area contributed by atoms with Crippen LogP contribution in [0.2, 0.25) is 0 Å².